The summed E-state index contributed by atoms with van der Waals surface area (Å²) in [6.07, 6.45) is 5.41. The van der Waals surface area contributed by atoms with Crippen molar-refractivity contribution in [2.75, 3.05) is 6.54 Å². The molecule has 0 unspecified atom stereocenters. The van der Waals surface area contributed by atoms with Gasteiger partial charge in [0.15, 0.2) is 0 Å². The molecule has 0 spiro atoms. The summed E-state index contributed by atoms with van der Waals surface area (Å²) in [6, 6.07) is 1.34. The van der Waals surface area contributed by atoms with E-state index in [1.807, 2.05) is 0 Å². The molecule has 0 aliphatic heterocycles. The number of hydrogen-bond donors (Lipinski definition) is 0. The van der Waals surface area contributed by atoms with Crippen molar-refractivity contribution in [2.24, 2.45) is 75.9 Å². The minimum absolute atomic E-state index is 0. The molecule has 0 aromatic carbocycles. The second kappa shape index (κ2) is 32.4. The predicted octanol–water partition coefficient (Wildman–Crippen LogP) is 17.7. The number of nitrogens with zero attached hydrogens (tertiary/aromatic N) is 1. The highest BCUT2D eigenvalue weighted by atomic mass is 15.2. The van der Waals surface area contributed by atoms with Crippen LogP contribution in [0, 0.1) is 75.9 Å². The Hall–Kier alpha value is -0.0400. The molecule has 0 aliphatic carbocycles. The van der Waals surface area contributed by atoms with E-state index in [1.165, 1.54) is 32.2 Å². The summed E-state index contributed by atoms with van der Waals surface area (Å²) in [6.45, 7) is 61.6. The van der Waals surface area contributed by atoms with E-state index in [1.54, 1.807) is 0 Å². The maximum Gasteiger partial charge on any atom is 0.00412 e. The third-order valence-corrected chi connectivity index (χ3v) is 10.2. The van der Waals surface area contributed by atoms with Crippen molar-refractivity contribution in [2.45, 2.75) is 240 Å². The second-order valence-electron chi connectivity index (χ2n) is 21.1. The Bertz CT molecular complexity index is 585. The van der Waals surface area contributed by atoms with Gasteiger partial charge in [0.05, 0.1) is 0 Å². The molecule has 1 nitrogen and oxygen atoms in total. The molecular formula is C49H113N. The van der Waals surface area contributed by atoms with Crippen molar-refractivity contribution in [3.05, 3.63) is 0 Å². The van der Waals surface area contributed by atoms with Crippen LogP contribution in [0.1, 0.15) is 228 Å². The zero-order chi connectivity index (χ0) is 38.6. The summed E-state index contributed by atoms with van der Waals surface area (Å²) >= 11 is 0. The van der Waals surface area contributed by atoms with E-state index in [0.29, 0.717) is 22.9 Å². The summed E-state index contributed by atoms with van der Waals surface area (Å²) in [5.74, 6) is 9.42. The van der Waals surface area contributed by atoms with Crippen LogP contribution in [0.2, 0.25) is 0 Å². The molecule has 0 N–H and O–H groups in total. The van der Waals surface area contributed by atoms with Gasteiger partial charge in [-0.05, 0) is 136 Å². The average molecular weight is 716 g/mol. The molecule has 50 heavy (non-hydrogen) atoms. The predicted molar refractivity (Wildman–Crippen MR) is 244 cm³/mol. The maximum absolute atomic E-state index is 2.56. The summed E-state index contributed by atoms with van der Waals surface area (Å²) in [7, 11) is 0. The molecule has 1 heteroatoms. The van der Waals surface area contributed by atoms with Crippen LogP contribution in [0.5, 0.6) is 0 Å². The summed E-state index contributed by atoms with van der Waals surface area (Å²) in [4.78, 5) is 2.56. The Kier molecular flexibility index (Phi) is 42.0. The molecule has 0 aromatic heterocycles. The van der Waals surface area contributed by atoms with Crippen molar-refractivity contribution in [3.8, 4) is 0 Å². The SMILES string of the molecule is C.C.C.CC(C)C(C(C)C)C(C)C.CC(C)C(CCC(C)(C)C)C(C)C.CC(C)CC(C(C)C)C(C)C.CC(C)N(CCC(C)(C)C)C(C)C. The largest absolute Gasteiger partial charge is 0.299 e. The van der Waals surface area contributed by atoms with Gasteiger partial charge in [0.2, 0.25) is 0 Å². The highest BCUT2D eigenvalue weighted by Gasteiger charge is 2.22. The number of hydrogen-bond acceptors (Lipinski definition) is 1. The monoisotopic (exact) mass is 716 g/mol. The van der Waals surface area contributed by atoms with Crippen LogP contribution in [0.3, 0.4) is 0 Å². The molecule has 0 aromatic rings. The van der Waals surface area contributed by atoms with Crippen LogP contribution in [0.4, 0.5) is 0 Å². The molecule has 0 radical (unpaired) electrons. The van der Waals surface area contributed by atoms with Crippen LogP contribution < -0.4 is 0 Å². The van der Waals surface area contributed by atoms with Gasteiger partial charge in [-0.2, -0.15) is 0 Å². The molecule has 0 fully saturated rings. The Labute approximate surface area is 326 Å². The zero-order valence-corrected chi connectivity index (χ0v) is 38.5. The van der Waals surface area contributed by atoms with Crippen molar-refractivity contribution >= 4 is 0 Å². The molecule has 0 atom stereocenters. The zero-order valence-electron chi connectivity index (χ0n) is 38.5. The highest BCUT2D eigenvalue weighted by molar-refractivity contribution is 4.73. The fraction of sp³-hybridized carbons (Fsp3) is 1.00. The van der Waals surface area contributed by atoms with E-state index in [0.717, 1.165) is 65.1 Å². The van der Waals surface area contributed by atoms with Crippen LogP contribution in [0.25, 0.3) is 0 Å². The first kappa shape index (κ1) is 64.9. The third kappa shape index (κ3) is 39.2. The van der Waals surface area contributed by atoms with Gasteiger partial charge >= 0.3 is 0 Å². The number of rotatable bonds is 15. The molecule has 0 saturated carbocycles. The van der Waals surface area contributed by atoms with Gasteiger partial charge in [-0.25, -0.2) is 0 Å². The fourth-order valence-corrected chi connectivity index (χ4v) is 7.78. The van der Waals surface area contributed by atoms with Crippen LogP contribution >= 0.6 is 0 Å². The van der Waals surface area contributed by atoms with E-state index in [9.17, 15) is 0 Å². The van der Waals surface area contributed by atoms with E-state index < -0.39 is 0 Å². The van der Waals surface area contributed by atoms with Crippen molar-refractivity contribution < 1.29 is 0 Å². The van der Waals surface area contributed by atoms with Crippen molar-refractivity contribution in [3.63, 3.8) is 0 Å². The molecule has 0 aliphatic rings. The van der Waals surface area contributed by atoms with Gasteiger partial charge in [0.25, 0.3) is 0 Å². The first-order valence-electron chi connectivity index (χ1n) is 20.6. The smallest absolute Gasteiger partial charge is 0.00412 e. The Balaban J connectivity index is -0.0000000972. The normalized spacial score (nSPS) is 12.2. The Morgan fingerprint density at radius 2 is 0.660 bits per heavy atom. The topological polar surface area (TPSA) is 3.24 Å². The molecular weight excluding hydrogens is 603 g/mol. The van der Waals surface area contributed by atoms with Crippen LogP contribution in [0.15, 0.2) is 0 Å². The van der Waals surface area contributed by atoms with Gasteiger partial charge in [-0.1, -0.05) is 175 Å². The molecule has 0 amide bonds. The molecule has 0 saturated heterocycles. The summed E-state index contributed by atoms with van der Waals surface area (Å²) in [5.41, 5.74) is 0.962. The van der Waals surface area contributed by atoms with Gasteiger partial charge < -0.3 is 0 Å². The summed E-state index contributed by atoms with van der Waals surface area (Å²) < 4.78 is 0. The molecule has 0 heterocycles. The van der Waals surface area contributed by atoms with E-state index in [4.69, 9.17) is 0 Å². The van der Waals surface area contributed by atoms with E-state index in [-0.39, 0.29) is 22.3 Å². The van der Waals surface area contributed by atoms with Crippen molar-refractivity contribution in [1.29, 1.82) is 0 Å². The van der Waals surface area contributed by atoms with Gasteiger partial charge in [-0.3, -0.25) is 4.90 Å². The highest BCUT2D eigenvalue weighted by Crippen LogP contribution is 2.31. The van der Waals surface area contributed by atoms with E-state index in [2.05, 4.69) is 185 Å². The van der Waals surface area contributed by atoms with E-state index >= 15 is 0 Å². The van der Waals surface area contributed by atoms with Crippen LogP contribution in [-0.2, 0) is 0 Å². The third-order valence-electron chi connectivity index (χ3n) is 10.2. The minimum Gasteiger partial charge on any atom is -0.299 e. The van der Waals surface area contributed by atoms with Crippen LogP contribution in [-0.4, -0.2) is 23.5 Å². The molecule has 314 valence electrons. The average Bonchev–Trinajstić information content (AvgIpc) is 2.80. The molecule has 0 bridgehead atoms. The Morgan fingerprint density at radius 1 is 0.380 bits per heavy atom. The summed E-state index contributed by atoms with van der Waals surface area (Å²) in [5, 5.41) is 0. The minimum atomic E-state index is 0. The standard InChI is InChI=1S/C13H28.C12H27N.C11H24.C10H22.3CH4/c1-10(2)12(11(3)4)8-9-13(5,6)7;1-10(2)13(11(3)4)9-8-12(5,6)7;1-8(2)7-11(9(3)4)10(5)6;1-7(2)10(8(3)4)9(5)6;;;/h10-12H,8-9H2,1-7H3;10-11H,8-9H2,1-7H3;8-11H,7H2,1-6H3;7-10H,1-6H3;3*1H4. The first-order valence-corrected chi connectivity index (χ1v) is 20.6. The lowest BCUT2D eigenvalue weighted by Crippen LogP contribution is -2.38. The van der Waals surface area contributed by atoms with Gasteiger partial charge in [0, 0.05) is 12.1 Å². The fourth-order valence-electron chi connectivity index (χ4n) is 7.78. The van der Waals surface area contributed by atoms with Gasteiger partial charge in [0.1, 0.15) is 0 Å². The molecule has 0 rings (SSSR count). The maximum atomic E-state index is 2.56. The lowest BCUT2D eigenvalue weighted by atomic mass is 9.78. The first-order chi connectivity index (χ1) is 20.9. The lowest BCUT2D eigenvalue weighted by Gasteiger charge is -2.33. The second-order valence-corrected chi connectivity index (χ2v) is 21.1. The van der Waals surface area contributed by atoms with Gasteiger partial charge in [-0.15, -0.1) is 0 Å². The lowest BCUT2D eigenvalue weighted by molar-refractivity contribution is 0.151. The quantitative estimate of drug-likeness (QED) is 0.163. The van der Waals surface area contributed by atoms with Crippen molar-refractivity contribution in [1.82, 2.24) is 4.90 Å². The Morgan fingerprint density at radius 3 is 0.800 bits per heavy atom.